The molecule has 0 spiro atoms. The molecule has 2 atom stereocenters. The summed E-state index contributed by atoms with van der Waals surface area (Å²) in [5.74, 6) is -0.0673. The zero-order valence-electron chi connectivity index (χ0n) is 24.2. The van der Waals surface area contributed by atoms with Gasteiger partial charge in [-0.2, -0.15) is 0 Å². The van der Waals surface area contributed by atoms with E-state index >= 15 is 0 Å². The van der Waals surface area contributed by atoms with Crippen molar-refractivity contribution >= 4 is 31.6 Å². The monoisotopic (exact) mass is 543 g/mol. The molecule has 1 aliphatic rings. The molecule has 208 valence electrons. The van der Waals surface area contributed by atoms with Gasteiger partial charge in [0.2, 0.25) is 5.91 Å². The van der Waals surface area contributed by atoms with Crippen molar-refractivity contribution in [1.82, 2.24) is 5.32 Å². The molecule has 3 rings (SSSR count). The molecule has 0 bridgehead atoms. The van der Waals surface area contributed by atoms with E-state index in [0.717, 1.165) is 17.7 Å². The number of rotatable bonds is 8. The number of nitrogens with one attached hydrogen (secondary N) is 1. The van der Waals surface area contributed by atoms with Crippen LogP contribution in [0.4, 0.5) is 15.9 Å². The maximum Gasteiger partial charge on any atom is 0.272 e. The zero-order chi connectivity index (χ0) is 28.4. The van der Waals surface area contributed by atoms with Crippen molar-refractivity contribution in [2.24, 2.45) is 5.92 Å². The number of nitrogen functional groups attached to an aromatic ring is 1. The second kappa shape index (κ2) is 11.5. The smallest absolute Gasteiger partial charge is 0.272 e. The highest BCUT2D eigenvalue weighted by atomic mass is 28.4. The van der Waals surface area contributed by atoms with Gasteiger partial charge in [0.1, 0.15) is 5.69 Å². The summed E-state index contributed by atoms with van der Waals surface area (Å²) in [5.41, 5.74) is 8.97. The SMILES string of the molecule is CCC1C(C[n+]2c(N)ccc(F)c2C)Cc2cc(C(=O)NCCO[Si](C)(C)C(C)(C)C)ccc2N1C(C)=O. The van der Waals surface area contributed by atoms with Crippen LogP contribution in [0.3, 0.4) is 0 Å². The maximum atomic E-state index is 14.3. The van der Waals surface area contributed by atoms with Crippen molar-refractivity contribution in [1.29, 1.82) is 0 Å². The number of hydrogen-bond acceptors (Lipinski definition) is 4. The van der Waals surface area contributed by atoms with Gasteiger partial charge in [0.25, 0.3) is 11.7 Å². The summed E-state index contributed by atoms with van der Waals surface area (Å²) in [5, 5.41) is 3.08. The molecule has 2 aromatic rings. The first-order valence-corrected chi connectivity index (χ1v) is 16.4. The fraction of sp³-hybridized carbons (Fsp3) is 0.552. The number of nitrogens with zero attached hydrogens (tertiary/aromatic N) is 2. The Bertz CT molecular complexity index is 1200. The second-order valence-electron chi connectivity index (χ2n) is 11.8. The largest absolute Gasteiger partial charge is 0.415 e. The summed E-state index contributed by atoms with van der Waals surface area (Å²) in [6.45, 7) is 17.6. The Hall–Kier alpha value is -2.78. The van der Waals surface area contributed by atoms with Gasteiger partial charge in [-0.15, -0.1) is 0 Å². The van der Waals surface area contributed by atoms with Crippen LogP contribution in [0.5, 0.6) is 0 Å². The summed E-state index contributed by atoms with van der Waals surface area (Å²) >= 11 is 0. The first-order valence-electron chi connectivity index (χ1n) is 13.5. The number of fused-ring (bicyclic) bond motifs is 1. The van der Waals surface area contributed by atoms with Crippen molar-refractivity contribution < 1.29 is 23.0 Å². The highest BCUT2D eigenvalue weighted by Crippen LogP contribution is 2.37. The minimum absolute atomic E-state index is 0.000462. The van der Waals surface area contributed by atoms with Gasteiger partial charge in [-0.1, -0.05) is 27.7 Å². The molecule has 7 nitrogen and oxygen atoms in total. The van der Waals surface area contributed by atoms with Crippen LogP contribution in [0.15, 0.2) is 30.3 Å². The fourth-order valence-electron chi connectivity index (χ4n) is 5.00. The summed E-state index contributed by atoms with van der Waals surface area (Å²) in [7, 11) is -1.88. The average molecular weight is 544 g/mol. The van der Waals surface area contributed by atoms with E-state index < -0.39 is 8.32 Å². The molecule has 1 aliphatic heterocycles. The van der Waals surface area contributed by atoms with Gasteiger partial charge in [0.05, 0.1) is 13.2 Å². The Morgan fingerprint density at radius 2 is 1.92 bits per heavy atom. The Labute approximate surface area is 227 Å². The third kappa shape index (κ3) is 6.26. The number of hydrogen-bond donors (Lipinski definition) is 2. The van der Waals surface area contributed by atoms with E-state index in [-0.39, 0.29) is 34.6 Å². The van der Waals surface area contributed by atoms with Gasteiger partial charge in [0, 0.05) is 49.7 Å². The van der Waals surface area contributed by atoms with Gasteiger partial charge >= 0.3 is 0 Å². The van der Waals surface area contributed by atoms with E-state index in [0.29, 0.717) is 43.2 Å². The van der Waals surface area contributed by atoms with Crippen LogP contribution in [0.1, 0.15) is 62.7 Å². The highest BCUT2D eigenvalue weighted by Gasteiger charge is 2.38. The number of nitrogens with two attached hydrogens (primary N) is 1. The summed E-state index contributed by atoms with van der Waals surface area (Å²) in [6, 6.07) is 8.39. The van der Waals surface area contributed by atoms with Gasteiger partial charge < -0.3 is 14.6 Å². The lowest BCUT2D eigenvalue weighted by atomic mass is 9.83. The van der Waals surface area contributed by atoms with Crippen LogP contribution >= 0.6 is 0 Å². The van der Waals surface area contributed by atoms with Crippen molar-refractivity contribution in [3.8, 4) is 0 Å². The molecule has 9 heteroatoms. The predicted octanol–water partition coefficient (Wildman–Crippen LogP) is 4.76. The molecule has 0 saturated carbocycles. The molecule has 38 heavy (non-hydrogen) atoms. The topological polar surface area (TPSA) is 88.5 Å². The molecule has 2 unspecified atom stereocenters. The van der Waals surface area contributed by atoms with Gasteiger partial charge in [0.15, 0.2) is 14.1 Å². The molecule has 2 heterocycles. The maximum absolute atomic E-state index is 14.3. The first kappa shape index (κ1) is 29.8. The number of pyridine rings is 1. The van der Waals surface area contributed by atoms with Crippen LogP contribution < -0.4 is 20.5 Å². The quantitative estimate of drug-likeness (QED) is 0.286. The molecule has 0 saturated heterocycles. The summed E-state index contributed by atoms with van der Waals surface area (Å²) in [4.78, 5) is 27.6. The predicted molar refractivity (Wildman–Crippen MR) is 152 cm³/mol. The van der Waals surface area contributed by atoms with Gasteiger partial charge in [-0.3, -0.25) is 15.3 Å². The standard InChI is InChI=1S/C29H43FN4O3Si/c1-9-25-23(18-33-19(2)24(30)11-13-27(33)31)17-22-16-21(10-12-26(22)34(25)20(3)35)28(36)32-14-15-37-38(7,8)29(4,5)6/h10-13,16,23,25,31H,9,14-15,17-18H2,1-8H3,(H,32,36)/p+1. The number of aromatic nitrogens is 1. The number of halogens is 1. The van der Waals surface area contributed by atoms with Crippen LogP contribution in [0.25, 0.3) is 0 Å². The van der Waals surface area contributed by atoms with Crippen LogP contribution in [0, 0.1) is 18.7 Å². The van der Waals surface area contributed by atoms with Crippen molar-refractivity contribution in [2.45, 2.75) is 85.1 Å². The lowest BCUT2D eigenvalue weighted by Crippen LogP contribution is -2.54. The third-order valence-electron chi connectivity index (χ3n) is 8.25. The van der Waals surface area contributed by atoms with Gasteiger partial charge in [-0.05, 0) is 60.8 Å². The van der Waals surface area contributed by atoms with E-state index in [1.54, 1.807) is 30.5 Å². The molecular formula is C29H44FN4O3Si+. The molecular weight excluding hydrogens is 499 g/mol. The Balaban J connectivity index is 1.82. The second-order valence-corrected chi connectivity index (χ2v) is 16.6. The molecule has 1 aromatic carbocycles. The number of benzene rings is 1. The summed E-state index contributed by atoms with van der Waals surface area (Å²) < 4.78 is 22.3. The summed E-state index contributed by atoms with van der Waals surface area (Å²) in [6.07, 6.45) is 1.39. The third-order valence-corrected chi connectivity index (χ3v) is 12.8. The number of amides is 2. The molecule has 1 aromatic heterocycles. The Kier molecular flexibility index (Phi) is 9.03. The normalized spacial score (nSPS) is 17.8. The first-order chi connectivity index (χ1) is 17.7. The van der Waals surface area contributed by atoms with Gasteiger partial charge in [-0.25, -0.2) is 8.96 Å². The van der Waals surface area contributed by atoms with E-state index in [1.165, 1.54) is 6.07 Å². The number of carbonyl (C=O) groups excluding carboxylic acids is 2. The minimum Gasteiger partial charge on any atom is -0.415 e. The number of carbonyl (C=O) groups is 2. The lowest BCUT2D eigenvalue weighted by Gasteiger charge is -2.41. The van der Waals surface area contributed by atoms with E-state index in [4.69, 9.17) is 10.2 Å². The van der Waals surface area contributed by atoms with E-state index in [9.17, 15) is 14.0 Å². The fourth-order valence-corrected chi connectivity index (χ4v) is 6.04. The van der Waals surface area contributed by atoms with Crippen LogP contribution in [0.2, 0.25) is 18.1 Å². The van der Waals surface area contributed by atoms with E-state index in [2.05, 4.69) is 46.1 Å². The van der Waals surface area contributed by atoms with Crippen molar-refractivity contribution in [3.05, 3.63) is 53.0 Å². The lowest BCUT2D eigenvalue weighted by molar-refractivity contribution is -0.697. The zero-order valence-corrected chi connectivity index (χ0v) is 25.2. The van der Waals surface area contributed by atoms with Crippen LogP contribution in [-0.2, 0) is 22.2 Å². The average Bonchev–Trinajstić information content (AvgIpc) is 2.84. The molecule has 0 radical (unpaired) electrons. The Morgan fingerprint density at radius 1 is 1.24 bits per heavy atom. The highest BCUT2D eigenvalue weighted by molar-refractivity contribution is 6.74. The van der Waals surface area contributed by atoms with Crippen molar-refractivity contribution in [2.75, 3.05) is 23.8 Å². The van der Waals surface area contributed by atoms with Crippen LogP contribution in [-0.4, -0.2) is 39.3 Å². The van der Waals surface area contributed by atoms with E-state index in [1.807, 2.05) is 17.0 Å². The Morgan fingerprint density at radius 3 is 2.53 bits per heavy atom. The molecule has 0 aliphatic carbocycles. The molecule has 3 N–H and O–H groups in total. The molecule has 0 fully saturated rings. The number of anilines is 2. The van der Waals surface area contributed by atoms with Crippen molar-refractivity contribution in [3.63, 3.8) is 0 Å². The minimum atomic E-state index is -1.88. The molecule has 2 amide bonds.